The fourth-order valence-electron chi connectivity index (χ4n) is 3.10. The third kappa shape index (κ3) is 2.37. The molecule has 0 aliphatic carbocycles. The molecule has 0 fully saturated rings. The second-order valence-electron chi connectivity index (χ2n) is 5.86. The monoisotopic (exact) mass is 330 g/mol. The Labute approximate surface area is 143 Å². The van der Waals surface area contributed by atoms with E-state index >= 15 is 0 Å². The van der Waals surface area contributed by atoms with Crippen molar-refractivity contribution in [3.8, 4) is 0 Å². The molecular formula is C18H14N6O. The molecule has 0 spiro atoms. The van der Waals surface area contributed by atoms with Gasteiger partial charge < -0.3 is 10.2 Å². The summed E-state index contributed by atoms with van der Waals surface area (Å²) in [6, 6.07) is 20.5. The van der Waals surface area contributed by atoms with E-state index in [-0.39, 0.29) is 6.04 Å². The van der Waals surface area contributed by atoms with Crippen LogP contribution in [0.5, 0.6) is 0 Å². The molecule has 4 aromatic rings. The van der Waals surface area contributed by atoms with Crippen molar-refractivity contribution in [1.29, 1.82) is 0 Å². The lowest BCUT2D eigenvalue weighted by Gasteiger charge is -2.35. The number of hydrogen-bond donors (Lipinski definition) is 1. The van der Waals surface area contributed by atoms with Crippen molar-refractivity contribution in [3.05, 3.63) is 66.2 Å². The van der Waals surface area contributed by atoms with Crippen LogP contribution >= 0.6 is 0 Å². The van der Waals surface area contributed by atoms with Crippen LogP contribution in [0.4, 0.5) is 17.3 Å². The Morgan fingerprint density at radius 2 is 1.56 bits per heavy atom. The maximum absolute atomic E-state index is 4.77. The summed E-state index contributed by atoms with van der Waals surface area (Å²) in [4.78, 5) is 11.3. The largest absolute Gasteiger partial charge is 0.358 e. The molecule has 0 radical (unpaired) electrons. The number of benzene rings is 2. The first kappa shape index (κ1) is 13.9. The molecule has 1 unspecified atom stereocenters. The van der Waals surface area contributed by atoms with Crippen LogP contribution in [0.3, 0.4) is 0 Å². The summed E-state index contributed by atoms with van der Waals surface area (Å²) < 4.78 is 4.77. The first-order valence-corrected chi connectivity index (χ1v) is 8.03. The van der Waals surface area contributed by atoms with Crippen LogP contribution in [0.2, 0.25) is 0 Å². The quantitative estimate of drug-likeness (QED) is 0.604. The first-order valence-electron chi connectivity index (χ1n) is 8.03. The summed E-state index contributed by atoms with van der Waals surface area (Å²) in [6.07, 6.45) is 0. The number of para-hydroxylation sites is 1. The summed E-state index contributed by atoms with van der Waals surface area (Å²) in [5.74, 6) is 1.40. The predicted molar refractivity (Wildman–Crippen MR) is 93.6 cm³/mol. The highest BCUT2D eigenvalue weighted by molar-refractivity contribution is 5.79. The van der Waals surface area contributed by atoms with E-state index < -0.39 is 0 Å². The Hall–Kier alpha value is -3.48. The topological polar surface area (TPSA) is 80.0 Å². The SMILES string of the molecule is c1ccc(C2CN(c3ccccc3)c3nc4nonc4nc3N2)cc1. The number of aromatic nitrogens is 4. The van der Waals surface area contributed by atoms with Crippen molar-refractivity contribution in [1.82, 2.24) is 20.3 Å². The molecule has 0 amide bonds. The Bertz CT molecular complexity index is 1020. The number of hydrogen-bond acceptors (Lipinski definition) is 7. The number of anilines is 3. The lowest BCUT2D eigenvalue weighted by molar-refractivity contribution is 0.314. The van der Waals surface area contributed by atoms with Gasteiger partial charge in [0.25, 0.3) is 0 Å². The number of nitrogens with zero attached hydrogens (tertiary/aromatic N) is 5. The molecule has 0 saturated heterocycles. The van der Waals surface area contributed by atoms with Crippen molar-refractivity contribution < 1.29 is 4.63 Å². The van der Waals surface area contributed by atoms with Crippen LogP contribution in [-0.4, -0.2) is 26.8 Å². The van der Waals surface area contributed by atoms with Gasteiger partial charge in [-0.2, -0.15) is 0 Å². The summed E-state index contributed by atoms with van der Waals surface area (Å²) in [5, 5.41) is 11.1. The van der Waals surface area contributed by atoms with Crippen LogP contribution < -0.4 is 10.2 Å². The molecule has 1 aliphatic heterocycles. The van der Waals surface area contributed by atoms with Gasteiger partial charge >= 0.3 is 0 Å². The van der Waals surface area contributed by atoms with Crippen molar-refractivity contribution in [2.24, 2.45) is 0 Å². The van der Waals surface area contributed by atoms with Crippen molar-refractivity contribution in [3.63, 3.8) is 0 Å². The van der Waals surface area contributed by atoms with E-state index in [0.717, 1.165) is 18.1 Å². The van der Waals surface area contributed by atoms with Crippen LogP contribution in [-0.2, 0) is 0 Å². The van der Waals surface area contributed by atoms with Gasteiger partial charge in [-0.1, -0.05) is 48.5 Å². The molecule has 7 nitrogen and oxygen atoms in total. The maximum Gasteiger partial charge on any atom is 0.245 e. The van der Waals surface area contributed by atoms with E-state index in [1.807, 2.05) is 36.4 Å². The Morgan fingerprint density at radius 3 is 2.32 bits per heavy atom. The molecule has 2 aromatic heterocycles. The molecule has 122 valence electrons. The van der Waals surface area contributed by atoms with E-state index in [1.165, 1.54) is 5.56 Å². The minimum Gasteiger partial charge on any atom is -0.358 e. The second kappa shape index (κ2) is 5.55. The van der Waals surface area contributed by atoms with Gasteiger partial charge in [-0.05, 0) is 28.0 Å². The van der Waals surface area contributed by atoms with E-state index in [9.17, 15) is 0 Å². The normalized spacial score (nSPS) is 16.5. The molecule has 1 atom stereocenters. The molecule has 25 heavy (non-hydrogen) atoms. The second-order valence-corrected chi connectivity index (χ2v) is 5.86. The van der Waals surface area contributed by atoms with Gasteiger partial charge in [0.05, 0.1) is 6.04 Å². The lowest BCUT2D eigenvalue weighted by Crippen LogP contribution is -2.34. The zero-order chi connectivity index (χ0) is 16.6. The van der Waals surface area contributed by atoms with Gasteiger partial charge in [-0.3, -0.25) is 0 Å². The minimum absolute atomic E-state index is 0.0838. The van der Waals surface area contributed by atoms with Gasteiger partial charge in [0, 0.05) is 12.2 Å². The fraction of sp³-hybridized carbons (Fsp3) is 0.111. The van der Waals surface area contributed by atoms with Crippen LogP contribution in [0.25, 0.3) is 11.3 Å². The molecule has 7 heteroatoms. The predicted octanol–water partition coefficient (Wildman–Crippen LogP) is 3.32. The van der Waals surface area contributed by atoms with Crippen molar-refractivity contribution >= 4 is 28.6 Å². The Kier molecular flexibility index (Phi) is 3.09. The first-order chi connectivity index (χ1) is 12.4. The summed E-state index contributed by atoms with van der Waals surface area (Å²) in [7, 11) is 0. The van der Waals surface area contributed by atoms with Gasteiger partial charge in [0.1, 0.15) is 0 Å². The van der Waals surface area contributed by atoms with Gasteiger partial charge in [0.2, 0.25) is 11.3 Å². The van der Waals surface area contributed by atoms with E-state index in [0.29, 0.717) is 17.1 Å². The highest BCUT2D eigenvalue weighted by Gasteiger charge is 2.29. The highest BCUT2D eigenvalue weighted by atomic mass is 16.6. The zero-order valence-electron chi connectivity index (χ0n) is 13.2. The minimum atomic E-state index is 0.0838. The summed E-state index contributed by atoms with van der Waals surface area (Å²) in [6.45, 7) is 0.729. The Morgan fingerprint density at radius 1 is 0.880 bits per heavy atom. The van der Waals surface area contributed by atoms with Crippen LogP contribution in [0.15, 0.2) is 65.3 Å². The van der Waals surface area contributed by atoms with E-state index in [2.05, 4.69) is 54.8 Å². The standard InChI is InChI=1S/C18H14N6O/c1-3-7-12(8-4-1)14-11-24(13-9-5-2-6-10-13)18-17(19-14)20-15-16(21-18)23-25-22-15/h1-10,14H,11H2,(H,19,20,22). The molecule has 2 aromatic carbocycles. The number of nitrogens with one attached hydrogen (secondary N) is 1. The fourth-order valence-corrected chi connectivity index (χ4v) is 3.10. The van der Waals surface area contributed by atoms with Crippen LogP contribution in [0, 0.1) is 0 Å². The maximum atomic E-state index is 4.77. The molecule has 0 bridgehead atoms. The molecule has 3 heterocycles. The van der Waals surface area contributed by atoms with E-state index in [1.54, 1.807) is 0 Å². The average Bonchev–Trinajstić information content (AvgIpc) is 3.14. The van der Waals surface area contributed by atoms with E-state index in [4.69, 9.17) is 4.63 Å². The van der Waals surface area contributed by atoms with Gasteiger partial charge in [-0.15, -0.1) is 0 Å². The van der Waals surface area contributed by atoms with Crippen molar-refractivity contribution in [2.75, 3.05) is 16.8 Å². The molecule has 0 saturated carbocycles. The highest BCUT2D eigenvalue weighted by Crippen LogP contribution is 2.38. The summed E-state index contributed by atoms with van der Waals surface area (Å²) in [5.41, 5.74) is 3.04. The van der Waals surface area contributed by atoms with Crippen molar-refractivity contribution in [2.45, 2.75) is 6.04 Å². The molecule has 5 rings (SSSR count). The average molecular weight is 330 g/mol. The molecule has 1 aliphatic rings. The van der Waals surface area contributed by atoms with Gasteiger partial charge in [0.15, 0.2) is 11.6 Å². The Balaban J connectivity index is 1.66. The third-order valence-electron chi connectivity index (χ3n) is 4.30. The van der Waals surface area contributed by atoms with Crippen LogP contribution in [0.1, 0.15) is 11.6 Å². The summed E-state index contributed by atoms with van der Waals surface area (Å²) >= 11 is 0. The zero-order valence-corrected chi connectivity index (χ0v) is 13.2. The van der Waals surface area contributed by atoms with Gasteiger partial charge in [-0.25, -0.2) is 14.6 Å². The number of rotatable bonds is 2. The smallest absolute Gasteiger partial charge is 0.245 e. The molecule has 1 N–H and O–H groups in total. The third-order valence-corrected chi connectivity index (χ3v) is 4.30. The lowest BCUT2D eigenvalue weighted by atomic mass is 10.0. The molecular weight excluding hydrogens is 316 g/mol. The number of fused-ring (bicyclic) bond motifs is 2.